The van der Waals surface area contributed by atoms with Crippen molar-refractivity contribution in [3.05, 3.63) is 71.7 Å². The van der Waals surface area contributed by atoms with Crippen LogP contribution in [0.3, 0.4) is 0 Å². The molecule has 0 saturated heterocycles. The Morgan fingerprint density at radius 1 is 1.24 bits per heavy atom. The van der Waals surface area contributed by atoms with Gasteiger partial charge in [0.1, 0.15) is 24.3 Å². The van der Waals surface area contributed by atoms with Crippen LogP contribution < -0.4 is 15.2 Å². The number of nitrogens with two attached hydrogens (primary N) is 1. The van der Waals surface area contributed by atoms with Crippen molar-refractivity contribution in [2.24, 2.45) is 5.14 Å². The van der Waals surface area contributed by atoms with Gasteiger partial charge in [0, 0.05) is 24.4 Å². The Bertz CT molecular complexity index is 1280. The summed E-state index contributed by atoms with van der Waals surface area (Å²) in [5.41, 5.74) is 0.566. The third-order valence-corrected chi connectivity index (χ3v) is 5.44. The van der Waals surface area contributed by atoms with Crippen molar-refractivity contribution < 1.29 is 30.7 Å². The summed E-state index contributed by atoms with van der Waals surface area (Å²) in [5.74, 6) is 0.315. The van der Waals surface area contributed by atoms with E-state index in [2.05, 4.69) is 10.3 Å². The molecule has 2 aromatic carbocycles. The minimum Gasteiger partial charge on any atom is -0.487 e. The smallest absolute Gasteiger partial charge is 0.416 e. The summed E-state index contributed by atoms with van der Waals surface area (Å²) in [6.45, 7) is -0.0876. The molecular weight excluding hydrogens is 461 g/mol. The molecule has 0 aliphatic rings. The number of ether oxygens (including phenoxy) is 1. The number of nitrogens with zero attached hydrogens (tertiary/aromatic N) is 1. The van der Waals surface area contributed by atoms with Crippen LogP contribution in [0.1, 0.15) is 11.3 Å². The third kappa shape index (κ3) is 5.79. The Morgan fingerprint density at radius 2 is 1.94 bits per heavy atom. The predicted molar refractivity (Wildman–Crippen MR) is 115 cm³/mol. The lowest BCUT2D eigenvalue weighted by Gasteiger charge is -2.13. The second-order valence-corrected chi connectivity index (χ2v) is 8.27. The van der Waals surface area contributed by atoms with Crippen LogP contribution in [0.5, 0.6) is 5.75 Å². The molecule has 4 N–H and O–H groups in total. The number of benzene rings is 2. The fourth-order valence-electron chi connectivity index (χ4n) is 2.83. The summed E-state index contributed by atoms with van der Waals surface area (Å²) < 4.78 is 72.2. The first-order valence-corrected chi connectivity index (χ1v) is 10.9. The number of allylic oxidation sites excluding steroid dienone is 1. The van der Waals surface area contributed by atoms with E-state index >= 15 is 0 Å². The van der Waals surface area contributed by atoms with Crippen LogP contribution in [0.4, 0.5) is 13.2 Å². The molecule has 0 amide bonds. The number of oxazole rings is 1. The lowest BCUT2D eigenvalue weighted by molar-refractivity contribution is -0.137. The summed E-state index contributed by atoms with van der Waals surface area (Å²) in [6, 6.07) is 9.95. The quantitative estimate of drug-likeness (QED) is 0.422. The zero-order valence-corrected chi connectivity index (χ0v) is 18.0. The molecule has 33 heavy (non-hydrogen) atoms. The Hall–Kier alpha value is -3.64. The average molecular weight is 480 g/mol. The normalized spacial score (nSPS) is 12.8. The highest BCUT2D eigenvalue weighted by atomic mass is 32.2. The van der Waals surface area contributed by atoms with E-state index in [9.17, 15) is 21.6 Å². The van der Waals surface area contributed by atoms with E-state index in [1.54, 1.807) is 13.1 Å². The number of hydrogen-bond donors (Lipinski definition) is 3. The Kier molecular flexibility index (Phi) is 6.89. The second-order valence-electron chi connectivity index (χ2n) is 6.71. The number of likely N-dealkylation sites (N-methyl/N-ethyl adjacent to an activating group) is 1. The van der Waals surface area contributed by atoms with Gasteiger partial charge in [-0.3, -0.25) is 0 Å². The Balaban J connectivity index is 1.84. The molecule has 0 aliphatic carbocycles. The first kappa shape index (κ1) is 24.0. The van der Waals surface area contributed by atoms with Gasteiger partial charge in [0.2, 0.25) is 15.9 Å². The van der Waals surface area contributed by atoms with E-state index in [4.69, 9.17) is 19.7 Å². The van der Waals surface area contributed by atoms with Crippen molar-refractivity contribution in [2.45, 2.75) is 11.1 Å². The molecule has 1 heterocycles. The highest BCUT2D eigenvalue weighted by Crippen LogP contribution is 2.30. The first-order chi connectivity index (χ1) is 15.5. The van der Waals surface area contributed by atoms with E-state index in [1.165, 1.54) is 36.6 Å². The van der Waals surface area contributed by atoms with Gasteiger partial charge in [-0.2, -0.15) is 13.2 Å². The molecular formula is C21H19F3N4O4S. The largest absolute Gasteiger partial charge is 0.487 e. The van der Waals surface area contributed by atoms with Gasteiger partial charge in [0.25, 0.3) is 0 Å². The first-order valence-electron chi connectivity index (χ1n) is 9.33. The number of hydrogen-bond acceptors (Lipinski definition) is 7. The fourth-order valence-corrected chi connectivity index (χ4v) is 3.39. The third-order valence-electron chi connectivity index (χ3n) is 4.53. The van der Waals surface area contributed by atoms with E-state index in [1.807, 2.05) is 0 Å². The number of primary sulfonamides is 1. The molecule has 3 aromatic rings. The molecule has 0 atom stereocenters. The lowest BCUT2D eigenvalue weighted by Crippen LogP contribution is -2.17. The van der Waals surface area contributed by atoms with E-state index in [0.717, 1.165) is 18.3 Å². The van der Waals surface area contributed by atoms with Crippen molar-refractivity contribution in [3.63, 3.8) is 0 Å². The maximum atomic E-state index is 12.7. The Morgan fingerprint density at radius 3 is 2.52 bits per heavy atom. The van der Waals surface area contributed by atoms with Crippen LogP contribution in [0.15, 0.2) is 69.8 Å². The molecule has 0 spiro atoms. The van der Waals surface area contributed by atoms with E-state index in [0.29, 0.717) is 16.8 Å². The zero-order chi connectivity index (χ0) is 24.2. The standard InChI is InChI=1S/C21H19F3N4O4S/c1-27-18(11-31-15-7-5-14(6-8-15)21(22,23)24)17(10-25)19-12-32-20(28-19)13-3-2-4-16(9-13)33(26,29)30/h2-10,12,25,27H,11H2,1H3,(H2,26,29,30)/b18-17+,25-10?. The number of rotatable bonds is 8. The van der Waals surface area contributed by atoms with Crippen LogP contribution in [-0.4, -0.2) is 33.3 Å². The molecule has 8 nitrogen and oxygen atoms in total. The van der Waals surface area contributed by atoms with Crippen LogP contribution in [0.2, 0.25) is 0 Å². The van der Waals surface area contributed by atoms with E-state index in [-0.39, 0.29) is 28.8 Å². The summed E-state index contributed by atoms with van der Waals surface area (Å²) in [6.07, 6.45) is -2.14. The summed E-state index contributed by atoms with van der Waals surface area (Å²) >= 11 is 0. The summed E-state index contributed by atoms with van der Waals surface area (Å²) in [5, 5.41) is 15.8. The highest BCUT2D eigenvalue weighted by Gasteiger charge is 2.30. The maximum Gasteiger partial charge on any atom is 0.416 e. The van der Waals surface area contributed by atoms with Gasteiger partial charge in [0.05, 0.1) is 16.2 Å². The summed E-state index contributed by atoms with van der Waals surface area (Å²) in [4.78, 5) is 4.20. The van der Waals surface area contributed by atoms with Gasteiger partial charge in [-0.1, -0.05) is 6.07 Å². The molecule has 0 saturated carbocycles. The molecule has 1 aromatic heterocycles. The van der Waals surface area contributed by atoms with Crippen molar-refractivity contribution >= 4 is 21.8 Å². The van der Waals surface area contributed by atoms with Gasteiger partial charge >= 0.3 is 6.18 Å². The van der Waals surface area contributed by atoms with Gasteiger partial charge < -0.3 is 19.9 Å². The molecule has 0 aliphatic heterocycles. The molecule has 3 rings (SSSR count). The topological polar surface area (TPSA) is 131 Å². The van der Waals surface area contributed by atoms with Crippen molar-refractivity contribution in [3.8, 4) is 17.2 Å². The number of nitrogens with one attached hydrogen (secondary N) is 2. The second kappa shape index (κ2) is 9.46. The summed E-state index contributed by atoms with van der Waals surface area (Å²) in [7, 11) is -2.32. The van der Waals surface area contributed by atoms with Crippen LogP contribution in [-0.2, 0) is 16.2 Å². The number of sulfonamides is 1. The molecule has 0 fully saturated rings. The Labute approximate surface area is 187 Å². The maximum absolute atomic E-state index is 12.7. The van der Waals surface area contributed by atoms with Crippen LogP contribution in [0, 0.1) is 5.41 Å². The van der Waals surface area contributed by atoms with Gasteiger partial charge in [-0.05, 0) is 42.5 Å². The fraction of sp³-hybridized carbons (Fsp3) is 0.143. The van der Waals surface area contributed by atoms with Crippen molar-refractivity contribution in [1.29, 1.82) is 5.41 Å². The number of aromatic nitrogens is 1. The van der Waals surface area contributed by atoms with Gasteiger partial charge in [-0.25, -0.2) is 18.5 Å². The van der Waals surface area contributed by atoms with Crippen molar-refractivity contribution in [2.75, 3.05) is 13.7 Å². The highest BCUT2D eigenvalue weighted by molar-refractivity contribution is 7.89. The van der Waals surface area contributed by atoms with Gasteiger partial charge in [-0.15, -0.1) is 0 Å². The van der Waals surface area contributed by atoms with Crippen molar-refractivity contribution in [1.82, 2.24) is 10.3 Å². The minimum atomic E-state index is -4.44. The molecule has 0 bridgehead atoms. The molecule has 174 valence electrons. The molecule has 12 heteroatoms. The number of alkyl halides is 3. The average Bonchev–Trinajstić information content (AvgIpc) is 3.25. The number of halogens is 3. The minimum absolute atomic E-state index is 0.0876. The lowest BCUT2D eigenvalue weighted by atomic mass is 10.1. The van der Waals surface area contributed by atoms with Crippen LogP contribution >= 0.6 is 0 Å². The van der Waals surface area contributed by atoms with Crippen LogP contribution in [0.25, 0.3) is 17.0 Å². The monoisotopic (exact) mass is 480 g/mol. The van der Waals surface area contributed by atoms with E-state index < -0.39 is 21.8 Å². The SMILES string of the molecule is CN/C(COc1ccc(C(F)(F)F)cc1)=C(\C=N)c1coc(-c2cccc(S(N)(=O)=O)c2)n1. The van der Waals surface area contributed by atoms with Gasteiger partial charge in [0.15, 0.2) is 0 Å². The predicted octanol–water partition coefficient (Wildman–Crippen LogP) is 3.67. The molecule has 0 unspecified atom stereocenters. The zero-order valence-electron chi connectivity index (χ0n) is 17.2. The molecule has 0 radical (unpaired) electrons.